The molecule has 0 atom stereocenters. The number of hydrogen-bond acceptors (Lipinski definition) is 3. The maximum absolute atomic E-state index is 5.59. The molecule has 0 bridgehead atoms. The van der Waals surface area contributed by atoms with Crippen molar-refractivity contribution in [2.24, 2.45) is 5.92 Å². The third-order valence-electron chi connectivity index (χ3n) is 2.36. The van der Waals surface area contributed by atoms with Crippen LogP contribution in [0.2, 0.25) is 0 Å². The van der Waals surface area contributed by atoms with Gasteiger partial charge < -0.3 is 14.8 Å². The van der Waals surface area contributed by atoms with Gasteiger partial charge in [0.05, 0.1) is 0 Å². The van der Waals surface area contributed by atoms with Gasteiger partial charge in [0, 0.05) is 19.8 Å². The van der Waals surface area contributed by atoms with Crippen molar-refractivity contribution in [3.05, 3.63) is 12.5 Å². The zero-order valence-corrected chi connectivity index (χ0v) is 10.1. The van der Waals surface area contributed by atoms with Gasteiger partial charge in [-0.3, -0.25) is 0 Å². The second-order valence-corrected chi connectivity index (χ2v) is 5.07. The molecule has 0 radical (unpaired) electrons. The van der Waals surface area contributed by atoms with Crippen LogP contribution < -0.4 is 5.32 Å². The Balaban J connectivity index is 2.15. The van der Waals surface area contributed by atoms with Crippen molar-refractivity contribution >= 4 is 0 Å². The maximum atomic E-state index is 5.59. The van der Waals surface area contributed by atoms with E-state index in [1.807, 2.05) is 20.8 Å². The molecule has 1 saturated heterocycles. The predicted molar refractivity (Wildman–Crippen MR) is 61.5 cm³/mol. The minimum Gasteiger partial charge on any atom is -0.474 e. The molecule has 0 aromatic rings. The van der Waals surface area contributed by atoms with Crippen molar-refractivity contribution in [1.29, 1.82) is 0 Å². The van der Waals surface area contributed by atoms with E-state index in [-0.39, 0.29) is 5.60 Å². The lowest BCUT2D eigenvalue weighted by atomic mass is 10.0. The summed E-state index contributed by atoms with van der Waals surface area (Å²) in [7, 11) is 0. The van der Waals surface area contributed by atoms with Crippen molar-refractivity contribution in [3.63, 3.8) is 0 Å². The van der Waals surface area contributed by atoms with E-state index in [0.717, 1.165) is 32.6 Å². The van der Waals surface area contributed by atoms with E-state index in [1.165, 1.54) is 0 Å². The van der Waals surface area contributed by atoms with Gasteiger partial charge in [0.15, 0.2) is 5.88 Å². The molecule has 88 valence electrons. The van der Waals surface area contributed by atoms with E-state index >= 15 is 0 Å². The van der Waals surface area contributed by atoms with Gasteiger partial charge in [-0.25, -0.2) is 0 Å². The summed E-state index contributed by atoms with van der Waals surface area (Å²) in [6, 6.07) is 0. The average molecular weight is 213 g/mol. The highest BCUT2D eigenvalue weighted by Gasteiger charge is 2.15. The normalized spacial score (nSPS) is 18.6. The highest BCUT2D eigenvalue weighted by molar-refractivity contribution is 4.84. The highest BCUT2D eigenvalue weighted by Crippen LogP contribution is 2.15. The summed E-state index contributed by atoms with van der Waals surface area (Å²) in [6.45, 7) is 12.6. The fourth-order valence-electron chi connectivity index (χ4n) is 1.61. The molecule has 3 nitrogen and oxygen atoms in total. The Labute approximate surface area is 92.8 Å². The van der Waals surface area contributed by atoms with Crippen LogP contribution >= 0.6 is 0 Å². The summed E-state index contributed by atoms with van der Waals surface area (Å²) in [5.74, 6) is 1.37. The van der Waals surface area contributed by atoms with Crippen LogP contribution in [-0.2, 0) is 9.47 Å². The van der Waals surface area contributed by atoms with E-state index in [9.17, 15) is 0 Å². The minimum absolute atomic E-state index is 0.167. The van der Waals surface area contributed by atoms with E-state index < -0.39 is 0 Å². The predicted octanol–water partition coefficient (Wildman–Crippen LogP) is 2.29. The zero-order chi connectivity index (χ0) is 11.3. The summed E-state index contributed by atoms with van der Waals surface area (Å²) < 4.78 is 10.9. The Morgan fingerprint density at radius 2 is 2.00 bits per heavy atom. The van der Waals surface area contributed by atoms with Crippen molar-refractivity contribution < 1.29 is 9.47 Å². The van der Waals surface area contributed by atoms with E-state index in [2.05, 4.69) is 11.9 Å². The highest BCUT2D eigenvalue weighted by atomic mass is 16.5. The van der Waals surface area contributed by atoms with Crippen molar-refractivity contribution in [3.8, 4) is 0 Å². The van der Waals surface area contributed by atoms with Crippen LogP contribution in [0.3, 0.4) is 0 Å². The lowest BCUT2D eigenvalue weighted by Crippen LogP contribution is -2.30. The molecule has 3 heteroatoms. The summed E-state index contributed by atoms with van der Waals surface area (Å²) in [5.41, 5.74) is -0.167. The number of ether oxygens (including phenoxy) is 2. The SMILES string of the molecule is C=C(NCC1CCOCC1)OC(C)(C)C. The first-order valence-electron chi connectivity index (χ1n) is 5.67. The Bertz CT molecular complexity index is 202. The van der Waals surface area contributed by atoms with Gasteiger partial charge in [0.2, 0.25) is 0 Å². The third-order valence-corrected chi connectivity index (χ3v) is 2.36. The van der Waals surface area contributed by atoms with Gasteiger partial charge >= 0.3 is 0 Å². The molecule has 0 unspecified atom stereocenters. The molecule has 1 heterocycles. The smallest absolute Gasteiger partial charge is 0.179 e. The summed E-state index contributed by atoms with van der Waals surface area (Å²) >= 11 is 0. The number of nitrogens with one attached hydrogen (secondary N) is 1. The van der Waals surface area contributed by atoms with Gasteiger partial charge in [-0.2, -0.15) is 0 Å². The van der Waals surface area contributed by atoms with E-state index in [0.29, 0.717) is 11.8 Å². The zero-order valence-electron chi connectivity index (χ0n) is 10.1. The molecule has 15 heavy (non-hydrogen) atoms. The van der Waals surface area contributed by atoms with Crippen molar-refractivity contribution in [1.82, 2.24) is 5.32 Å². The van der Waals surface area contributed by atoms with Gasteiger partial charge in [-0.1, -0.05) is 0 Å². The van der Waals surface area contributed by atoms with E-state index in [4.69, 9.17) is 9.47 Å². The lowest BCUT2D eigenvalue weighted by molar-refractivity contribution is 0.0344. The molecule has 0 aliphatic carbocycles. The Hall–Kier alpha value is -0.700. The van der Waals surface area contributed by atoms with Crippen LogP contribution in [-0.4, -0.2) is 25.4 Å². The molecular formula is C12H23NO2. The first kappa shape index (κ1) is 12.4. The topological polar surface area (TPSA) is 30.5 Å². The Morgan fingerprint density at radius 3 is 2.53 bits per heavy atom. The standard InChI is InChI=1S/C12H23NO2/c1-10(15-12(2,3)4)13-9-11-5-7-14-8-6-11/h11,13H,1,5-9H2,2-4H3. The third kappa shape index (κ3) is 5.67. The summed E-state index contributed by atoms with van der Waals surface area (Å²) in [5, 5.41) is 3.24. The number of rotatable bonds is 4. The van der Waals surface area contributed by atoms with Crippen molar-refractivity contribution in [2.75, 3.05) is 19.8 Å². The van der Waals surface area contributed by atoms with Crippen LogP contribution in [0.25, 0.3) is 0 Å². The van der Waals surface area contributed by atoms with E-state index in [1.54, 1.807) is 0 Å². The monoisotopic (exact) mass is 213 g/mol. The second-order valence-electron chi connectivity index (χ2n) is 5.07. The van der Waals surface area contributed by atoms with Gasteiger partial charge in [-0.05, 0) is 46.1 Å². The molecule has 1 N–H and O–H groups in total. The second kappa shape index (κ2) is 5.40. The summed E-state index contributed by atoms with van der Waals surface area (Å²) in [6.07, 6.45) is 2.27. The Kier molecular flexibility index (Phi) is 4.45. The van der Waals surface area contributed by atoms with Crippen LogP contribution in [0.1, 0.15) is 33.6 Å². The van der Waals surface area contributed by atoms with Crippen LogP contribution in [0.15, 0.2) is 12.5 Å². The van der Waals surface area contributed by atoms with Gasteiger partial charge in [-0.15, -0.1) is 0 Å². The minimum atomic E-state index is -0.167. The van der Waals surface area contributed by atoms with Gasteiger partial charge in [0.25, 0.3) is 0 Å². The average Bonchev–Trinajstić information content (AvgIpc) is 2.14. The molecule has 1 rings (SSSR count). The first-order chi connectivity index (χ1) is 6.97. The first-order valence-corrected chi connectivity index (χ1v) is 5.67. The van der Waals surface area contributed by atoms with Crippen LogP contribution in [0.4, 0.5) is 0 Å². The quantitative estimate of drug-likeness (QED) is 0.727. The van der Waals surface area contributed by atoms with Gasteiger partial charge in [0.1, 0.15) is 5.60 Å². The number of hydrogen-bond donors (Lipinski definition) is 1. The molecule has 1 aliphatic rings. The van der Waals surface area contributed by atoms with Crippen LogP contribution in [0.5, 0.6) is 0 Å². The lowest BCUT2D eigenvalue weighted by Gasteiger charge is -2.26. The largest absolute Gasteiger partial charge is 0.474 e. The molecule has 1 aliphatic heterocycles. The molecule has 0 saturated carbocycles. The molecule has 0 aromatic heterocycles. The van der Waals surface area contributed by atoms with Crippen LogP contribution in [0, 0.1) is 5.92 Å². The molecule has 0 spiro atoms. The maximum Gasteiger partial charge on any atom is 0.179 e. The fourth-order valence-corrected chi connectivity index (χ4v) is 1.61. The Morgan fingerprint density at radius 1 is 1.40 bits per heavy atom. The fraction of sp³-hybridized carbons (Fsp3) is 0.833. The molecular weight excluding hydrogens is 190 g/mol. The molecule has 0 amide bonds. The van der Waals surface area contributed by atoms with Crippen molar-refractivity contribution in [2.45, 2.75) is 39.2 Å². The summed E-state index contributed by atoms with van der Waals surface area (Å²) in [4.78, 5) is 0. The molecule has 1 fully saturated rings. The molecule has 0 aromatic carbocycles.